The Morgan fingerprint density at radius 2 is 0.851 bits per heavy atom. The molecule has 0 unspecified atom stereocenters. The fourth-order valence-electron chi connectivity index (χ4n) is 5.07. The fourth-order valence-corrected chi connectivity index (χ4v) is 14.1. The third kappa shape index (κ3) is 12.8. The van der Waals surface area contributed by atoms with E-state index in [2.05, 4.69) is 26.2 Å². The number of rotatable bonds is 20. The van der Waals surface area contributed by atoms with E-state index in [-0.39, 0.29) is 24.3 Å². The van der Waals surface area contributed by atoms with Gasteiger partial charge in [0, 0.05) is 0 Å². The van der Waals surface area contributed by atoms with Gasteiger partial charge in [0.05, 0.1) is 46.6 Å². The minimum atomic E-state index is -1.95. The van der Waals surface area contributed by atoms with E-state index in [9.17, 15) is 39.0 Å². The minimum absolute atomic E-state index is 0.0246. The summed E-state index contributed by atoms with van der Waals surface area (Å²) in [7, 11) is -3.91. The van der Waals surface area contributed by atoms with Crippen LogP contribution in [0.15, 0.2) is 36.4 Å². The number of benzene rings is 2. The van der Waals surface area contributed by atoms with Crippen molar-refractivity contribution in [2.45, 2.75) is 76.8 Å². The van der Waals surface area contributed by atoms with E-state index in [0.717, 1.165) is 62.0 Å². The van der Waals surface area contributed by atoms with Crippen molar-refractivity contribution >= 4 is 52.5 Å². The molecule has 0 radical (unpaired) electrons. The Hall–Kier alpha value is -4.35. The highest BCUT2D eigenvalue weighted by molar-refractivity contribution is 6.84. The third-order valence-corrected chi connectivity index (χ3v) is 14.8. The Kier molecular flexibility index (Phi) is 14.5. The van der Waals surface area contributed by atoms with Crippen LogP contribution in [-0.2, 0) is 13.6 Å². The van der Waals surface area contributed by atoms with Crippen molar-refractivity contribution in [3.8, 4) is 0 Å². The number of carbonyl (C=O) groups is 6. The predicted molar refractivity (Wildman–Crippen MR) is 175 cm³/mol. The van der Waals surface area contributed by atoms with Crippen LogP contribution in [0.3, 0.4) is 0 Å². The molecule has 0 fully saturated rings. The van der Waals surface area contributed by atoms with Gasteiger partial charge < -0.3 is 34.0 Å². The molecule has 0 aliphatic rings. The smallest absolute Gasteiger partial charge is 0.338 e. The molecule has 15 heteroatoms. The van der Waals surface area contributed by atoms with E-state index in [1.807, 2.05) is 0 Å². The van der Waals surface area contributed by atoms with E-state index in [4.69, 9.17) is 23.8 Å². The summed E-state index contributed by atoms with van der Waals surface area (Å²) in [6, 6.07) is 8.50. The van der Waals surface area contributed by atoms with Crippen LogP contribution < -0.4 is 0 Å². The molecular weight excluding hydrogens is 649 g/mol. The van der Waals surface area contributed by atoms with Crippen LogP contribution in [0.25, 0.3) is 0 Å². The van der Waals surface area contributed by atoms with Crippen LogP contribution in [0.4, 0.5) is 0 Å². The number of unbranched alkanes of at least 4 members (excludes halogenated alkanes) is 4. The molecule has 2 aromatic carbocycles. The normalized spacial score (nSPS) is 11.5. The highest BCUT2D eigenvalue weighted by atomic mass is 28.4. The highest BCUT2D eigenvalue weighted by Crippen LogP contribution is 2.25. The molecule has 0 aliphatic carbocycles. The number of carboxylic acids is 4. The number of ether oxygens (including phenoxy) is 2. The van der Waals surface area contributed by atoms with Crippen LogP contribution in [0.2, 0.25) is 38.3 Å². The highest BCUT2D eigenvalue weighted by Gasteiger charge is 2.32. The summed E-state index contributed by atoms with van der Waals surface area (Å²) in [6.45, 7) is 9.03. The van der Waals surface area contributed by atoms with Gasteiger partial charge in [0.15, 0.2) is 16.6 Å². The summed E-state index contributed by atoms with van der Waals surface area (Å²) in [4.78, 5) is 69.7. The van der Waals surface area contributed by atoms with Gasteiger partial charge in [-0.15, -0.1) is 0 Å². The lowest BCUT2D eigenvalue weighted by atomic mass is 10.0. The second kappa shape index (κ2) is 17.5. The number of aromatic carboxylic acids is 4. The maximum Gasteiger partial charge on any atom is 0.338 e. The molecular formula is C32H42O13Si2. The molecule has 0 spiro atoms. The Bertz CT molecular complexity index is 1370. The van der Waals surface area contributed by atoms with Gasteiger partial charge in [-0.25, -0.2) is 28.8 Å². The zero-order chi connectivity index (χ0) is 35.4. The van der Waals surface area contributed by atoms with Crippen LogP contribution in [0, 0.1) is 0 Å². The second-order valence-corrected chi connectivity index (χ2v) is 21.1. The van der Waals surface area contributed by atoms with Crippen LogP contribution in [-0.4, -0.2) is 86.1 Å². The number of carboxylic acid groups (broad SMARTS) is 4. The molecule has 0 saturated heterocycles. The molecule has 0 amide bonds. The van der Waals surface area contributed by atoms with Crippen molar-refractivity contribution in [1.82, 2.24) is 0 Å². The molecule has 0 atom stereocenters. The minimum Gasteiger partial charge on any atom is -0.478 e. The Balaban J connectivity index is 1.66. The van der Waals surface area contributed by atoms with Crippen molar-refractivity contribution in [3.05, 3.63) is 69.8 Å². The first-order valence-corrected chi connectivity index (χ1v) is 21.4. The Labute approximate surface area is 274 Å². The number of carbonyl (C=O) groups excluding carboxylic acids is 2. The molecule has 47 heavy (non-hydrogen) atoms. The van der Waals surface area contributed by atoms with Crippen molar-refractivity contribution in [3.63, 3.8) is 0 Å². The average Bonchev–Trinajstić information content (AvgIpc) is 2.98. The lowest BCUT2D eigenvalue weighted by Crippen LogP contribution is -2.44. The van der Waals surface area contributed by atoms with Gasteiger partial charge in [0.2, 0.25) is 0 Å². The van der Waals surface area contributed by atoms with Crippen molar-refractivity contribution < 1.29 is 62.8 Å². The van der Waals surface area contributed by atoms with E-state index < -0.39 is 74.7 Å². The van der Waals surface area contributed by atoms with E-state index in [1.54, 1.807) is 0 Å². The standard InChI is InChI=1S/C32H42O13Si2/c1-46(2,17-9-5-7-15-43-31(41)21-11-13-23(27(33)34)25(19-21)29(37)38)45-47(3,4)18-10-6-8-16-44-32(42)22-12-14-24(28(35)36)26(20-22)30(39)40/h11-14,19-20H,5-10,15-18H2,1-4H3,(H,33,34)(H,35,36)(H,37,38)(H,39,40). The van der Waals surface area contributed by atoms with Crippen LogP contribution >= 0.6 is 0 Å². The van der Waals surface area contributed by atoms with Gasteiger partial charge in [-0.05, 0) is 87.5 Å². The summed E-state index contributed by atoms with van der Waals surface area (Å²) in [5.74, 6) is -7.11. The topological polar surface area (TPSA) is 211 Å². The quantitative estimate of drug-likeness (QED) is 0.0687. The molecule has 2 rings (SSSR count). The van der Waals surface area contributed by atoms with Gasteiger partial charge in [0.1, 0.15) is 0 Å². The van der Waals surface area contributed by atoms with Crippen molar-refractivity contribution in [1.29, 1.82) is 0 Å². The third-order valence-electron chi connectivity index (χ3n) is 7.30. The molecule has 0 aromatic heterocycles. The maximum absolute atomic E-state index is 12.3. The van der Waals surface area contributed by atoms with Crippen molar-refractivity contribution in [2.75, 3.05) is 13.2 Å². The summed E-state index contributed by atoms with van der Waals surface area (Å²) >= 11 is 0. The summed E-state index contributed by atoms with van der Waals surface area (Å²) in [5, 5.41) is 36.7. The molecule has 0 aliphatic heterocycles. The Morgan fingerprint density at radius 3 is 1.17 bits per heavy atom. The van der Waals surface area contributed by atoms with Crippen LogP contribution in [0.5, 0.6) is 0 Å². The monoisotopic (exact) mass is 690 g/mol. The Morgan fingerprint density at radius 1 is 0.511 bits per heavy atom. The average molecular weight is 691 g/mol. The van der Waals surface area contributed by atoms with E-state index >= 15 is 0 Å². The van der Waals surface area contributed by atoms with Gasteiger partial charge in [-0.1, -0.05) is 25.7 Å². The predicted octanol–water partition coefficient (Wildman–Crippen LogP) is 6.26. The fraction of sp³-hybridized carbons (Fsp3) is 0.438. The molecule has 0 bridgehead atoms. The zero-order valence-corrected chi connectivity index (χ0v) is 29.0. The molecule has 256 valence electrons. The van der Waals surface area contributed by atoms with E-state index in [0.29, 0.717) is 12.8 Å². The first-order valence-electron chi connectivity index (χ1n) is 15.2. The maximum atomic E-state index is 12.3. The molecule has 0 saturated carbocycles. The SMILES string of the molecule is C[Si](C)(CCCCCOC(=O)c1ccc(C(=O)O)c(C(=O)O)c1)O[Si](C)(C)CCCCCOC(=O)c1ccc(C(=O)O)c(C(=O)O)c1. The first-order chi connectivity index (χ1) is 21.9. The molecule has 0 heterocycles. The summed E-state index contributed by atoms with van der Waals surface area (Å²) < 4.78 is 17.2. The van der Waals surface area contributed by atoms with Crippen molar-refractivity contribution in [2.24, 2.45) is 0 Å². The number of esters is 2. The van der Waals surface area contributed by atoms with Crippen LogP contribution in [0.1, 0.15) is 101 Å². The van der Waals surface area contributed by atoms with Gasteiger partial charge in [0.25, 0.3) is 0 Å². The summed E-state index contributed by atoms with van der Waals surface area (Å²) in [5.41, 5.74) is -1.81. The van der Waals surface area contributed by atoms with Gasteiger partial charge in [-0.3, -0.25) is 0 Å². The molecule has 13 nitrogen and oxygen atoms in total. The largest absolute Gasteiger partial charge is 0.478 e. The van der Waals surface area contributed by atoms with Gasteiger partial charge in [-0.2, -0.15) is 0 Å². The number of hydrogen-bond acceptors (Lipinski definition) is 9. The van der Waals surface area contributed by atoms with E-state index in [1.165, 1.54) is 12.1 Å². The number of hydrogen-bond donors (Lipinski definition) is 4. The molecule has 2 aromatic rings. The first kappa shape index (κ1) is 38.8. The zero-order valence-electron chi connectivity index (χ0n) is 27.0. The lowest BCUT2D eigenvalue weighted by molar-refractivity contribution is 0.0488. The lowest BCUT2D eigenvalue weighted by Gasteiger charge is -2.34. The summed E-state index contributed by atoms with van der Waals surface area (Å²) in [6.07, 6.45) is 4.66. The second-order valence-electron chi connectivity index (χ2n) is 12.3. The molecule has 4 N–H and O–H groups in total. The van der Waals surface area contributed by atoms with Gasteiger partial charge >= 0.3 is 35.8 Å².